The molecule has 2 aromatic heterocycles. The molecule has 1 aromatic carbocycles. The fourth-order valence-electron chi connectivity index (χ4n) is 3.71. The van der Waals surface area contributed by atoms with Crippen molar-refractivity contribution >= 4 is 38.7 Å². The lowest BCUT2D eigenvalue weighted by molar-refractivity contribution is -0.142. The van der Waals surface area contributed by atoms with Crippen LogP contribution in [0.5, 0.6) is 0 Å². The van der Waals surface area contributed by atoms with Crippen molar-refractivity contribution < 1.29 is 9.90 Å². The van der Waals surface area contributed by atoms with Crippen molar-refractivity contribution in [2.24, 2.45) is 0 Å². The van der Waals surface area contributed by atoms with E-state index in [1.165, 1.54) is 26.1 Å². The number of thiophene rings is 2. The molecule has 2 unspecified atom stereocenters. The lowest BCUT2D eigenvalue weighted by Crippen LogP contribution is -2.39. The summed E-state index contributed by atoms with van der Waals surface area (Å²) in [5.74, 6) is -0.703. The number of carboxylic acid groups (broad SMARTS) is 1. The molecule has 24 heavy (non-hydrogen) atoms. The van der Waals surface area contributed by atoms with E-state index in [0.29, 0.717) is 0 Å². The number of benzene rings is 1. The van der Waals surface area contributed by atoms with Gasteiger partial charge in [0.1, 0.15) is 6.04 Å². The number of fused-ring (bicyclic) bond motifs is 1. The maximum Gasteiger partial charge on any atom is 0.320 e. The van der Waals surface area contributed by atoms with E-state index < -0.39 is 12.0 Å². The van der Waals surface area contributed by atoms with Crippen LogP contribution < -0.4 is 0 Å². The number of carboxylic acids is 1. The third-order valence-corrected chi connectivity index (χ3v) is 6.92. The molecule has 124 valence electrons. The molecular formula is C19H19NO2S2. The Bertz CT molecular complexity index is 882. The van der Waals surface area contributed by atoms with Gasteiger partial charge < -0.3 is 5.11 Å². The van der Waals surface area contributed by atoms with Gasteiger partial charge in [0.2, 0.25) is 0 Å². The fourth-order valence-corrected chi connectivity index (χ4v) is 5.75. The van der Waals surface area contributed by atoms with Gasteiger partial charge >= 0.3 is 5.97 Å². The zero-order chi connectivity index (χ0) is 16.7. The number of hydrogen-bond acceptors (Lipinski definition) is 4. The lowest BCUT2D eigenvalue weighted by Gasteiger charge is -2.31. The van der Waals surface area contributed by atoms with E-state index >= 15 is 0 Å². The predicted molar refractivity (Wildman–Crippen MR) is 100 cm³/mol. The Morgan fingerprint density at radius 1 is 1.29 bits per heavy atom. The fraction of sp³-hybridized carbons (Fsp3) is 0.316. The Hall–Kier alpha value is -1.69. The van der Waals surface area contributed by atoms with Crippen LogP contribution in [-0.2, 0) is 4.79 Å². The van der Waals surface area contributed by atoms with Crippen molar-refractivity contribution in [2.75, 3.05) is 6.54 Å². The molecule has 1 aliphatic rings. The Balaban J connectivity index is 1.88. The van der Waals surface area contributed by atoms with Gasteiger partial charge in [-0.2, -0.15) is 0 Å². The smallest absolute Gasteiger partial charge is 0.320 e. The number of likely N-dealkylation sites (tertiary alicyclic amines) is 1. The highest BCUT2D eigenvalue weighted by Crippen LogP contribution is 2.43. The lowest BCUT2D eigenvalue weighted by atomic mass is 9.99. The summed E-state index contributed by atoms with van der Waals surface area (Å²) in [5.41, 5.74) is 2.49. The zero-order valence-electron chi connectivity index (χ0n) is 13.4. The first-order valence-electron chi connectivity index (χ1n) is 8.15. The van der Waals surface area contributed by atoms with Gasteiger partial charge in [0.25, 0.3) is 0 Å². The minimum absolute atomic E-state index is 0.0322. The molecular weight excluding hydrogens is 338 g/mol. The van der Waals surface area contributed by atoms with Gasteiger partial charge in [-0.25, -0.2) is 0 Å². The van der Waals surface area contributed by atoms with E-state index in [9.17, 15) is 9.90 Å². The van der Waals surface area contributed by atoms with Crippen LogP contribution in [0.2, 0.25) is 0 Å². The van der Waals surface area contributed by atoms with Gasteiger partial charge in [0.15, 0.2) is 0 Å². The van der Waals surface area contributed by atoms with Gasteiger partial charge in [-0.15, -0.1) is 22.7 Å². The van der Waals surface area contributed by atoms with Gasteiger partial charge in [0, 0.05) is 16.1 Å². The van der Waals surface area contributed by atoms with E-state index in [2.05, 4.69) is 52.9 Å². The van der Waals surface area contributed by atoms with Crippen LogP contribution in [0, 0.1) is 6.92 Å². The molecule has 0 radical (unpaired) electrons. The van der Waals surface area contributed by atoms with E-state index in [1.54, 1.807) is 22.7 Å². The molecule has 1 N–H and O–H groups in total. The number of aryl methyl sites for hydroxylation is 1. The van der Waals surface area contributed by atoms with Crippen LogP contribution in [0.3, 0.4) is 0 Å². The van der Waals surface area contributed by atoms with E-state index in [0.717, 1.165) is 19.4 Å². The first kappa shape index (κ1) is 15.8. The van der Waals surface area contributed by atoms with Gasteiger partial charge in [-0.3, -0.25) is 9.69 Å². The van der Waals surface area contributed by atoms with Crippen molar-refractivity contribution in [2.45, 2.75) is 31.8 Å². The van der Waals surface area contributed by atoms with Crippen LogP contribution >= 0.6 is 22.7 Å². The molecule has 0 aliphatic carbocycles. The van der Waals surface area contributed by atoms with Crippen molar-refractivity contribution in [1.82, 2.24) is 4.90 Å². The van der Waals surface area contributed by atoms with Crippen LogP contribution in [0.25, 0.3) is 10.1 Å². The maximum atomic E-state index is 11.8. The molecule has 3 heterocycles. The minimum Gasteiger partial charge on any atom is -0.480 e. The Morgan fingerprint density at radius 2 is 2.12 bits per heavy atom. The molecule has 0 bridgehead atoms. The average Bonchev–Trinajstić information content (AvgIpc) is 3.29. The summed E-state index contributed by atoms with van der Waals surface area (Å²) in [5, 5.41) is 15.2. The van der Waals surface area contributed by atoms with Gasteiger partial charge in [0.05, 0.1) is 6.04 Å². The van der Waals surface area contributed by atoms with E-state index in [4.69, 9.17) is 0 Å². The highest BCUT2D eigenvalue weighted by atomic mass is 32.1. The topological polar surface area (TPSA) is 40.5 Å². The molecule has 5 heteroatoms. The predicted octanol–water partition coefficient (Wildman–Crippen LogP) is 4.91. The van der Waals surface area contributed by atoms with E-state index in [-0.39, 0.29) is 6.04 Å². The van der Waals surface area contributed by atoms with Crippen molar-refractivity contribution in [3.63, 3.8) is 0 Å². The molecule has 0 saturated carbocycles. The minimum atomic E-state index is -0.703. The molecule has 3 nitrogen and oxygen atoms in total. The second kappa shape index (κ2) is 6.31. The van der Waals surface area contributed by atoms with E-state index in [1.807, 2.05) is 0 Å². The monoisotopic (exact) mass is 357 g/mol. The summed E-state index contributed by atoms with van der Waals surface area (Å²) in [6.45, 7) is 2.96. The molecule has 2 atom stereocenters. The Kier molecular flexibility index (Phi) is 4.16. The molecule has 1 saturated heterocycles. The third-order valence-electron chi connectivity index (χ3n) is 4.87. The standard InChI is InChI=1S/C19H19NO2S2/c1-12-8-10-23-18(12)17(20-9-4-6-15(20)19(21)22)14-11-24-16-7-3-2-5-13(14)16/h2-3,5,7-8,10-11,15,17H,4,6,9H2,1H3,(H,21,22). The van der Waals surface area contributed by atoms with Gasteiger partial charge in [-0.1, -0.05) is 18.2 Å². The maximum absolute atomic E-state index is 11.8. The molecule has 1 aliphatic heterocycles. The summed E-state index contributed by atoms with van der Waals surface area (Å²) < 4.78 is 1.26. The quantitative estimate of drug-likeness (QED) is 0.721. The number of hydrogen-bond donors (Lipinski definition) is 1. The molecule has 4 rings (SSSR count). The Morgan fingerprint density at radius 3 is 2.88 bits per heavy atom. The number of rotatable bonds is 4. The molecule has 0 amide bonds. The average molecular weight is 358 g/mol. The molecule has 0 spiro atoms. The van der Waals surface area contributed by atoms with Crippen molar-refractivity contribution in [1.29, 1.82) is 0 Å². The van der Waals surface area contributed by atoms with Crippen LogP contribution in [-0.4, -0.2) is 28.6 Å². The summed E-state index contributed by atoms with van der Waals surface area (Å²) in [6.07, 6.45) is 1.68. The normalized spacial score (nSPS) is 19.8. The van der Waals surface area contributed by atoms with Crippen LogP contribution in [0.4, 0.5) is 0 Å². The zero-order valence-corrected chi connectivity index (χ0v) is 15.1. The summed E-state index contributed by atoms with van der Waals surface area (Å²) >= 11 is 3.48. The Labute approximate surface area is 149 Å². The molecule has 3 aromatic rings. The number of carbonyl (C=O) groups is 1. The largest absolute Gasteiger partial charge is 0.480 e. The number of aliphatic carboxylic acids is 1. The van der Waals surface area contributed by atoms with Crippen LogP contribution in [0.1, 0.15) is 34.9 Å². The van der Waals surface area contributed by atoms with Crippen molar-refractivity contribution in [3.8, 4) is 0 Å². The van der Waals surface area contributed by atoms with Crippen LogP contribution in [0.15, 0.2) is 41.1 Å². The summed E-state index contributed by atoms with van der Waals surface area (Å²) in [4.78, 5) is 15.2. The molecule has 1 fully saturated rings. The second-order valence-corrected chi connectivity index (χ2v) is 8.15. The highest BCUT2D eigenvalue weighted by Gasteiger charge is 2.38. The first-order chi connectivity index (χ1) is 11.7. The highest BCUT2D eigenvalue weighted by molar-refractivity contribution is 7.17. The third kappa shape index (κ3) is 2.57. The first-order valence-corrected chi connectivity index (χ1v) is 9.91. The van der Waals surface area contributed by atoms with Crippen molar-refractivity contribution in [3.05, 3.63) is 57.1 Å². The number of nitrogens with zero attached hydrogens (tertiary/aromatic N) is 1. The summed E-state index contributed by atoms with van der Waals surface area (Å²) in [6, 6.07) is 10.2. The summed E-state index contributed by atoms with van der Waals surface area (Å²) in [7, 11) is 0. The second-order valence-electron chi connectivity index (χ2n) is 6.29. The SMILES string of the molecule is Cc1ccsc1C(c1csc2ccccc12)N1CCCC1C(=O)O. The van der Waals surface area contributed by atoms with Gasteiger partial charge in [-0.05, 0) is 59.2 Å².